The Bertz CT molecular complexity index is 421. The fourth-order valence-corrected chi connectivity index (χ4v) is 2.32. The van der Waals surface area contributed by atoms with E-state index in [9.17, 15) is 0 Å². The van der Waals surface area contributed by atoms with Crippen LogP contribution in [-0.4, -0.2) is 41.1 Å². The second kappa shape index (κ2) is 5.18. The maximum atomic E-state index is 5.27. The Balaban J connectivity index is 2.25. The van der Waals surface area contributed by atoms with Gasteiger partial charge in [-0.3, -0.25) is 4.57 Å². The van der Waals surface area contributed by atoms with Crippen molar-refractivity contribution < 1.29 is 4.74 Å². The molecule has 0 bridgehead atoms. The second-order valence-corrected chi connectivity index (χ2v) is 5.10. The largest absolute Gasteiger partial charge is 0.383 e. The van der Waals surface area contributed by atoms with E-state index < -0.39 is 0 Å². The number of hydrogen-bond donors (Lipinski definition) is 1. The van der Waals surface area contributed by atoms with Crippen LogP contribution in [-0.2, 0) is 4.74 Å². The van der Waals surface area contributed by atoms with Crippen LogP contribution in [0.1, 0.15) is 32.7 Å². The van der Waals surface area contributed by atoms with Crippen molar-refractivity contribution in [2.45, 2.75) is 38.8 Å². The lowest BCUT2D eigenvalue weighted by atomic mass is 10.4. The van der Waals surface area contributed by atoms with E-state index in [2.05, 4.69) is 33.5 Å². The minimum Gasteiger partial charge on any atom is -0.383 e. The summed E-state index contributed by atoms with van der Waals surface area (Å²) in [5.41, 5.74) is 0. The molecule has 0 amide bonds. The van der Waals surface area contributed by atoms with Gasteiger partial charge in [-0.05, 0) is 38.9 Å². The molecule has 0 spiro atoms. The first-order valence-corrected chi connectivity index (χ1v) is 6.48. The molecule has 1 heterocycles. The van der Waals surface area contributed by atoms with Crippen LogP contribution in [0.15, 0.2) is 0 Å². The highest BCUT2D eigenvalue weighted by Crippen LogP contribution is 2.31. The van der Waals surface area contributed by atoms with Crippen LogP contribution in [0.3, 0.4) is 0 Å². The number of aromatic nitrogens is 3. The molecule has 0 aliphatic heterocycles. The highest BCUT2D eigenvalue weighted by molar-refractivity contribution is 7.71. The lowest BCUT2D eigenvalue weighted by Gasteiger charge is -2.24. The third-order valence-corrected chi connectivity index (χ3v) is 3.27. The van der Waals surface area contributed by atoms with E-state index >= 15 is 0 Å². The molecule has 1 aliphatic rings. The molecule has 0 aromatic carbocycles. The van der Waals surface area contributed by atoms with Gasteiger partial charge < -0.3 is 9.64 Å². The number of H-pyrrole nitrogens is 1. The van der Waals surface area contributed by atoms with Gasteiger partial charge in [-0.15, -0.1) is 5.10 Å². The molecule has 1 fully saturated rings. The summed E-state index contributed by atoms with van der Waals surface area (Å²) in [4.78, 5) is 2.30. The number of anilines is 1. The number of aromatic amines is 1. The van der Waals surface area contributed by atoms with Gasteiger partial charge in [-0.1, -0.05) is 0 Å². The molecule has 0 saturated heterocycles. The summed E-state index contributed by atoms with van der Waals surface area (Å²) in [5.74, 6) is 0.949. The molecule has 1 N–H and O–H groups in total. The van der Waals surface area contributed by atoms with Gasteiger partial charge in [-0.2, -0.15) is 0 Å². The Hall–Kier alpha value is -0.880. The third kappa shape index (κ3) is 2.69. The van der Waals surface area contributed by atoms with Crippen molar-refractivity contribution in [3.8, 4) is 0 Å². The van der Waals surface area contributed by atoms with Crippen LogP contribution in [0.25, 0.3) is 0 Å². The van der Waals surface area contributed by atoms with E-state index in [1.165, 1.54) is 12.8 Å². The fraction of sp³-hybridized carbons (Fsp3) is 0.818. The normalized spacial score (nSPS) is 15.5. The maximum Gasteiger partial charge on any atom is 0.226 e. The molecule has 96 valence electrons. The molecule has 6 heteroatoms. The average Bonchev–Trinajstić information content (AvgIpc) is 3.03. The summed E-state index contributed by atoms with van der Waals surface area (Å²) in [6.07, 6.45) is 2.48. The predicted molar refractivity (Wildman–Crippen MR) is 70.0 cm³/mol. The van der Waals surface area contributed by atoms with Gasteiger partial charge in [0.1, 0.15) is 0 Å². The molecular formula is C11H20N4OS. The SMILES string of the molecule is COCCN(c1n[nH]c(=S)n1C(C)C)C1CC1. The van der Waals surface area contributed by atoms with Gasteiger partial charge in [0.05, 0.1) is 6.61 Å². The average molecular weight is 256 g/mol. The molecule has 1 aromatic heterocycles. The Kier molecular flexibility index (Phi) is 3.83. The highest BCUT2D eigenvalue weighted by Gasteiger charge is 2.32. The molecule has 5 nitrogen and oxygen atoms in total. The van der Waals surface area contributed by atoms with Gasteiger partial charge in [0.2, 0.25) is 5.95 Å². The second-order valence-electron chi connectivity index (χ2n) is 4.71. The Morgan fingerprint density at radius 2 is 2.29 bits per heavy atom. The van der Waals surface area contributed by atoms with E-state index in [4.69, 9.17) is 17.0 Å². The van der Waals surface area contributed by atoms with Crippen LogP contribution >= 0.6 is 12.2 Å². The van der Waals surface area contributed by atoms with Gasteiger partial charge in [0.15, 0.2) is 4.77 Å². The van der Waals surface area contributed by atoms with E-state index in [-0.39, 0.29) is 0 Å². The first-order chi connectivity index (χ1) is 8.15. The Morgan fingerprint density at radius 3 is 2.82 bits per heavy atom. The van der Waals surface area contributed by atoms with Crippen molar-refractivity contribution in [3.63, 3.8) is 0 Å². The summed E-state index contributed by atoms with van der Waals surface area (Å²) in [6, 6.07) is 0.924. The summed E-state index contributed by atoms with van der Waals surface area (Å²) in [6.45, 7) is 5.83. The summed E-state index contributed by atoms with van der Waals surface area (Å²) in [5, 5.41) is 7.26. The van der Waals surface area contributed by atoms with Gasteiger partial charge in [0, 0.05) is 25.7 Å². The molecule has 1 aromatic rings. The Morgan fingerprint density at radius 1 is 1.59 bits per heavy atom. The van der Waals surface area contributed by atoms with E-state index in [1.54, 1.807) is 7.11 Å². The van der Waals surface area contributed by atoms with Crippen molar-refractivity contribution in [2.24, 2.45) is 0 Å². The maximum absolute atomic E-state index is 5.27. The fourth-order valence-electron chi connectivity index (χ4n) is 1.99. The minimum atomic E-state index is 0.319. The number of nitrogens with zero attached hydrogens (tertiary/aromatic N) is 3. The quantitative estimate of drug-likeness (QED) is 0.792. The molecule has 17 heavy (non-hydrogen) atoms. The number of ether oxygens (including phenoxy) is 1. The van der Waals surface area contributed by atoms with Crippen LogP contribution in [0.5, 0.6) is 0 Å². The zero-order valence-electron chi connectivity index (χ0n) is 10.6. The lowest BCUT2D eigenvalue weighted by Crippen LogP contribution is -2.32. The van der Waals surface area contributed by atoms with Crippen molar-refractivity contribution in [2.75, 3.05) is 25.2 Å². The number of hydrogen-bond acceptors (Lipinski definition) is 4. The van der Waals surface area contributed by atoms with Crippen LogP contribution in [0.2, 0.25) is 0 Å². The molecule has 1 saturated carbocycles. The molecular weight excluding hydrogens is 236 g/mol. The van der Waals surface area contributed by atoms with Crippen LogP contribution < -0.4 is 4.90 Å². The molecule has 0 unspecified atom stereocenters. The van der Waals surface area contributed by atoms with E-state index in [0.29, 0.717) is 23.5 Å². The highest BCUT2D eigenvalue weighted by atomic mass is 32.1. The number of methoxy groups -OCH3 is 1. The molecule has 0 atom stereocenters. The van der Waals surface area contributed by atoms with Gasteiger partial charge >= 0.3 is 0 Å². The van der Waals surface area contributed by atoms with Crippen molar-refractivity contribution >= 4 is 18.2 Å². The smallest absolute Gasteiger partial charge is 0.226 e. The standard InChI is InChI=1S/C11H20N4OS/c1-8(2)15-10(12-13-11(15)17)14(6-7-16-3)9-4-5-9/h8-9H,4-7H2,1-3H3,(H,13,17). The van der Waals surface area contributed by atoms with E-state index in [1.807, 2.05) is 0 Å². The monoisotopic (exact) mass is 256 g/mol. The van der Waals surface area contributed by atoms with E-state index in [0.717, 1.165) is 12.5 Å². The third-order valence-electron chi connectivity index (χ3n) is 2.98. The zero-order chi connectivity index (χ0) is 12.4. The molecule has 0 radical (unpaired) electrons. The Labute approximate surface area is 107 Å². The first kappa shape index (κ1) is 12.6. The van der Waals surface area contributed by atoms with Crippen molar-refractivity contribution in [1.82, 2.24) is 14.8 Å². The topological polar surface area (TPSA) is 46.1 Å². The first-order valence-electron chi connectivity index (χ1n) is 6.07. The minimum absolute atomic E-state index is 0.319. The van der Waals surface area contributed by atoms with Crippen LogP contribution in [0.4, 0.5) is 5.95 Å². The molecule has 2 rings (SSSR count). The number of rotatable bonds is 6. The zero-order valence-corrected chi connectivity index (χ0v) is 11.5. The van der Waals surface area contributed by atoms with Crippen molar-refractivity contribution in [3.05, 3.63) is 4.77 Å². The molecule has 1 aliphatic carbocycles. The predicted octanol–water partition coefficient (Wildman–Crippen LogP) is 2.14. The van der Waals surface area contributed by atoms with Crippen LogP contribution in [0, 0.1) is 4.77 Å². The van der Waals surface area contributed by atoms with Crippen molar-refractivity contribution in [1.29, 1.82) is 0 Å². The number of nitrogens with one attached hydrogen (secondary N) is 1. The van der Waals surface area contributed by atoms with Gasteiger partial charge in [0.25, 0.3) is 0 Å². The summed E-state index contributed by atoms with van der Waals surface area (Å²) in [7, 11) is 1.73. The van der Waals surface area contributed by atoms with Gasteiger partial charge in [-0.25, -0.2) is 5.10 Å². The summed E-state index contributed by atoms with van der Waals surface area (Å²) < 4.78 is 7.93. The summed E-state index contributed by atoms with van der Waals surface area (Å²) >= 11 is 5.27. The lowest BCUT2D eigenvalue weighted by molar-refractivity contribution is 0.204.